The van der Waals surface area contributed by atoms with Gasteiger partial charge in [0.25, 0.3) is 0 Å². The van der Waals surface area contributed by atoms with Gasteiger partial charge in [-0.05, 0) is 44.5 Å². The zero-order valence-corrected chi connectivity index (χ0v) is 12.4. The van der Waals surface area contributed by atoms with Crippen molar-refractivity contribution in [2.24, 2.45) is 0 Å². The van der Waals surface area contributed by atoms with Crippen molar-refractivity contribution in [2.45, 2.75) is 32.7 Å². The molecule has 2 heterocycles. The van der Waals surface area contributed by atoms with Gasteiger partial charge in [0.05, 0.1) is 5.52 Å². The molecule has 3 nitrogen and oxygen atoms in total. The summed E-state index contributed by atoms with van der Waals surface area (Å²) in [7, 11) is 0. The van der Waals surface area contributed by atoms with Gasteiger partial charge in [-0.2, -0.15) is 0 Å². The number of fused-ring (bicyclic) bond motifs is 1. The number of nitrogens with one attached hydrogen (secondary N) is 1. The molecule has 20 heavy (non-hydrogen) atoms. The molecule has 0 spiro atoms. The molecule has 1 N–H and O–H groups in total. The number of aromatic nitrogens is 1. The van der Waals surface area contributed by atoms with Crippen LogP contribution in [0.15, 0.2) is 30.5 Å². The van der Waals surface area contributed by atoms with Crippen molar-refractivity contribution < 1.29 is 0 Å². The predicted octanol–water partition coefficient (Wildman–Crippen LogP) is 3.44. The molecule has 1 aliphatic heterocycles. The minimum atomic E-state index is 0.587. The molecule has 3 heteroatoms. The van der Waals surface area contributed by atoms with Crippen LogP contribution in [0.5, 0.6) is 0 Å². The van der Waals surface area contributed by atoms with Gasteiger partial charge in [0.15, 0.2) is 0 Å². The van der Waals surface area contributed by atoms with Crippen LogP contribution in [0.4, 0.5) is 5.69 Å². The lowest BCUT2D eigenvalue weighted by atomic mass is 10.0. The van der Waals surface area contributed by atoms with Crippen molar-refractivity contribution in [1.29, 1.82) is 0 Å². The summed E-state index contributed by atoms with van der Waals surface area (Å²) in [6.45, 7) is 7.96. The summed E-state index contributed by atoms with van der Waals surface area (Å²) in [6.07, 6.45) is 4.36. The molecular weight excluding hydrogens is 246 g/mol. The Balaban J connectivity index is 1.79. The monoisotopic (exact) mass is 269 g/mol. The van der Waals surface area contributed by atoms with E-state index in [1.54, 1.807) is 0 Å². The first kappa shape index (κ1) is 13.4. The predicted molar refractivity (Wildman–Crippen MR) is 85.2 cm³/mol. The van der Waals surface area contributed by atoms with Gasteiger partial charge in [-0.3, -0.25) is 4.98 Å². The number of nitrogens with zero attached hydrogens (tertiary/aromatic N) is 2. The van der Waals surface area contributed by atoms with Crippen molar-refractivity contribution in [2.75, 3.05) is 25.0 Å². The normalized spacial score (nSPS) is 17.5. The molecule has 1 aromatic carbocycles. The van der Waals surface area contributed by atoms with E-state index in [0.717, 1.165) is 5.52 Å². The number of aryl methyl sites for hydroxylation is 1. The van der Waals surface area contributed by atoms with Gasteiger partial charge >= 0.3 is 0 Å². The maximum absolute atomic E-state index is 4.45. The quantitative estimate of drug-likeness (QED) is 0.925. The fourth-order valence-electron chi connectivity index (χ4n) is 3.00. The molecule has 0 saturated carbocycles. The molecule has 0 atom stereocenters. The topological polar surface area (TPSA) is 28.2 Å². The van der Waals surface area contributed by atoms with Crippen LogP contribution >= 0.6 is 0 Å². The fourth-order valence-corrected chi connectivity index (χ4v) is 3.00. The average molecular weight is 269 g/mol. The average Bonchev–Trinajstić information content (AvgIpc) is 2.49. The largest absolute Gasteiger partial charge is 0.382 e. The Labute approximate surface area is 121 Å². The van der Waals surface area contributed by atoms with E-state index in [0.29, 0.717) is 6.04 Å². The van der Waals surface area contributed by atoms with Crippen molar-refractivity contribution >= 4 is 16.6 Å². The third-order valence-corrected chi connectivity index (χ3v) is 4.29. The van der Waals surface area contributed by atoms with E-state index in [4.69, 9.17) is 0 Å². The lowest BCUT2D eigenvalue weighted by Crippen LogP contribution is -2.38. The van der Waals surface area contributed by atoms with E-state index in [2.05, 4.69) is 53.3 Å². The van der Waals surface area contributed by atoms with Crippen LogP contribution in [0.3, 0.4) is 0 Å². The Morgan fingerprint density at radius 1 is 1.25 bits per heavy atom. The molecule has 1 aromatic heterocycles. The summed E-state index contributed by atoms with van der Waals surface area (Å²) in [6, 6.07) is 9.15. The van der Waals surface area contributed by atoms with Crippen molar-refractivity contribution in [3.8, 4) is 0 Å². The summed E-state index contributed by atoms with van der Waals surface area (Å²) in [5.41, 5.74) is 3.59. The SMILES string of the molecule is CCN1CCC(Nc2ccnc3ccc(C)cc23)CC1. The van der Waals surface area contributed by atoms with E-state index in [-0.39, 0.29) is 0 Å². The van der Waals surface area contributed by atoms with Gasteiger partial charge in [0, 0.05) is 36.4 Å². The number of benzene rings is 1. The standard InChI is InChI=1S/C17H23N3/c1-3-20-10-7-14(8-11-20)19-17-6-9-18-16-5-4-13(2)12-15(16)17/h4-6,9,12,14H,3,7-8,10-11H2,1-2H3,(H,18,19). The Bertz CT molecular complexity index is 586. The Morgan fingerprint density at radius 2 is 2.05 bits per heavy atom. The van der Waals surface area contributed by atoms with Crippen LogP contribution in [-0.4, -0.2) is 35.6 Å². The third kappa shape index (κ3) is 2.78. The number of hydrogen-bond acceptors (Lipinski definition) is 3. The van der Waals surface area contributed by atoms with Crippen LogP contribution in [0, 0.1) is 6.92 Å². The van der Waals surface area contributed by atoms with Gasteiger partial charge in [-0.25, -0.2) is 0 Å². The molecular formula is C17H23N3. The number of anilines is 1. The van der Waals surface area contributed by atoms with E-state index in [1.807, 2.05) is 6.20 Å². The van der Waals surface area contributed by atoms with Crippen LogP contribution < -0.4 is 5.32 Å². The van der Waals surface area contributed by atoms with Crippen molar-refractivity contribution in [1.82, 2.24) is 9.88 Å². The molecule has 0 aliphatic carbocycles. The number of rotatable bonds is 3. The van der Waals surface area contributed by atoms with Gasteiger partial charge in [-0.1, -0.05) is 18.6 Å². The van der Waals surface area contributed by atoms with Gasteiger partial charge in [0.1, 0.15) is 0 Å². The first-order chi connectivity index (χ1) is 9.76. The summed E-state index contributed by atoms with van der Waals surface area (Å²) in [5.74, 6) is 0. The van der Waals surface area contributed by atoms with Crippen LogP contribution in [-0.2, 0) is 0 Å². The van der Waals surface area contributed by atoms with Gasteiger partial charge in [-0.15, -0.1) is 0 Å². The highest BCUT2D eigenvalue weighted by Gasteiger charge is 2.18. The molecule has 1 fully saturated rings. The van der Waals surface area contributed by atoms with Crippen LogP contribution in [0.25, 0.3) is 10.9 Å². The van der Waals surface area contributed by atoms with E-state index in [1.165, 1.54) is 49.1 Å². The van der Waals surface area contributed by atoms with Crippen LogP contribution in [0.2, 0.25) is 0 Å². The molecule has 2 aromatic rings. The Kier molecular flexibility index (Phi) is 3.88. The number of piperidine rings is 1. The minimum Gasteiger partial charge on any atom is -0.382 e. The van der Waals surface area contributed by atoms with Crippen molar-refractivity contribution in [3.05, 3.63) is 36.0 Å². The number of likely N-dealkylation sites (tertiary alicyclic amines) is 1. The second kappa shape index (κ2) is 5.80. The van der Waals surface area contributed by atoms with Crippen molar-refractivity contribution in [3.63, 3.8) is 0 Å². The summed E-state index contributed by atoms with van der Waals surface area (Å²) < 4.78 is 0. The minimum absolute atomic E-state index is 0.587. The molecule has 0 amide bonds. The molecule has 0 radical (unpaired) electrons. The lowest BCUT2D eigenvalue weighted by molar-refractivity contribution is 0.229. The number of hydrogen-bond donors (Lipinski definition) is 1. The third-order valence-electron chi connectivity index (χ3n) is 4.29. The van der Waals surface area contributed by atoms with Crippen LogP contribution in [0.1, 0.15) is 25.3 Å². The summed E-state index contributed by atoms with van der Waals surface area (Å²) in [5, 5.41) is 4.97. The maximum atomic E-state index is 4.45. The number of pyridine rings is 1. The Hall–Kier alpha value is -1.61. The zero-order chi connectivity index (χ0) is 13.9. The van der Waals surface area contributed by atoms with E-state index in [9.17, 15) is 0 Å². The Morgan fingerprint density at radius 3 is 2.80 bits per heavy atom. The molecule has 3 rings (SSSR count). The second-order valence-electron chi connectivity index (χ2n) is 5.73. The fraction of sp³-hybridized carbons (Fsp3) is 0.471. The summed E-state index contributed by atoms with van der Waals surface area (Å²) in [4.78, 5) is 6.97. The maximum Gasteiger partial charge on any atom is 0.0722 e. The van der Waals surface area contributed by atoms with Gasteiger partial charge in [0.2, 0.25) is 0 Å². The highest BCUT2D eigenvalue weighted by Crippen LogP contribution is 2.25. The molecule has 1 aliphatic rings. The molecule has 0 unspecified atom stereocenters. The first-order valence-corrected chi connectivity index (χ1v) is 7.60. The zero-order valence-electron chi connectivity index (χ0n) is 12.4. The smallest absolute Gasteiger partial charge is 0.0722 e. The molecule has 1 saturated heterocycles. The second-order valence-corrected chi connectivity index (χ2v) is 5.73. The lowest BCUT2D eigenvalue weighted by Gasteiger charge is -2.32. The highest BCUT2D eigenvalue weighted by molar-refractivity contribution is 5.91. The first-order valence-electron chi connectivity index (χ1n) is 7.60. The van der Waals surface area contributed by atoms with E-state index >= 15 is 0 Å². The van der Waals surface area contributed by atoms with Gasteiger partial charge < -0.3 is 10.2 Å². The molecule has 0 bridgehead atoms. The molecule has 106 valence electrons. The van der Waals surface area contributed by atoms with E-state index < -0.39 is 0 Å². The summed E-state index contributed by atoms with van der Waals surface area (Å²) >= 11 is 0. The highest BCUT2D eigenvalue weighted by atomic mass is 15.1.